The smallest absolute Gasteiger partial charge is 0.218 e. The molecule has 5 heteroatoms. The van der Waals surface area contributed by atoms with Crippen molar-refractivity contribution in [1.29, 1.82) is 0 Å². The summed E-state index contributed by atoms with van der Waals surface area (Å²) in [6.45, 7) is 2.95. The topological polar surface area (TPSA) is 38.2 Å². The lowest BCUT2D eigenvalue weighted by Crippen LogP contribution is -2.41. The van der Waals surface area contributed by atoms with Crippen molar-refractivity contribution in [2.45, 2.75) is 38.6 Å². The molecule has 0 spiro atoms. The summed E-state index contributed by atoms with van der Waals surface area (Å²) in [6.07, 6.45) is 5.00. The van der Waals surface area contributed by atoms with Gasteiger partial charge in [0.25, 0.3) is 0 Å². The number of alkyl halides is 1. The van der Waals surface area contributed by atoms with E-state index >= 15 is 0 Å². The number of hydrogen-bond donors (Lipinski definition) is 0. The minimum absolute atomic E-state index is 0.642. The normalized spacial score (nSPS) is 15.3. The first-order valence-corrected chi connectivity index (χ1v) is 7.59. The van der Waals surface area contributed by atoms with Crippen LogP contribution in [-0.4, -0.2) is 35.0 Å². The molecule has 1 aromatic rings. The predicted molar refractivity (Wildman–Crippen MR) is 76.7 cm³/mol. The molecule has 1 aromatic heterocycles. The van der Waals surface area contributed by atoms with Crippen molar-refractivity contribution in [3.8, 4) is 5.88 Å². The third kappa shape index (κ3) is 3.13. The van der Waals surface area contributed by atoms with Crippen molar-refractivity contribution in [2.75, 3.05) is 23.9 Å². The van der Waals surface area contributed by atoms with Crippen LogP contribution in [0.4, 0.5) is 5.82 Å². The van der Waals surface area contributed by atoms with E-state index in [1.807, 2.05) is 13.0 Å². The van der Waals surface area contributed by atoms with E-state index in [0.717, 1.165) is 29.9 Å². The first-order chi connectivity index (χ1) is 8.74. The quantitative estimate of drug-likeness (QED) is 0.757. The first kappa shape index (κ1) is 13.6. The maximum absolute atomic E-state index is 5.23. The van der Waals surface area contributed by atoms with Crippen LogP contribution in [0, 0.1) is 6.92 Å². The Labute approximate surface area is 117 Å². The van der Waals surface area contributed by atoms with Crippen LogP contribution in [-0.2, 0) is 0 Å². The summed E-state index contributed by atoms with van der Waals surface area (Å²) >= 11 is 3.50. The van der Waals surface area contributed by atoms with E-state index in [9.17, 15) is 0 Å². The van der Waals surface area contributed by atoms with Gasteiger partial charge in [0.15, 0.2) is 0 Å². The van der Waals surface area contributed by atoms with Crippen LogP contribution in [0.15, 0.2) is 6.07 Å². The molecule has 0 N–H and O–H groups in total. The molecule has 1 saturated carbocycles. The third-order valence-electron chi connectivity index (χ3n) is 3.35. The molecule has 2 rings (SSSR count). The predicted octanol–water partition coefficient (Wildman–Crippen LogP) is 2.94. The Balaban J connectivity index is 2.19. The fraction of sp³-hybridized carbons (Fsp3) is 0.692. The number of ether oxygens (including phenoxy) is 1. The van der Waals surface area contributed by atoms with Crippen LogP contribution in [0.1, 0.15) is 31.5 Å². The number of aryl methyl sites for hydroxylation is 1. The van der Waals surface area contributed by atoms with Gasteiger partial charge in [0.05, 0.1) is 7.11 Å². The maximum atomic E-state index is 5.23. The Morgan fingerprint density at radius 2 is 2.22 bits per heavy atom. The molecule has 0 aromatic carbocycles. The molecule has 1 fully saturated rings. The molecule has 18 heavy (non-hydrogen) atoms. The van der Waals surface area contributed by atoms with Crippen LogP contribution in [0.3, 0.4) is 0 Å². The minimum Gasteiger partial charge on any atom is -0.481 e. The van der Waals surface area contributed by atoms with Crippen molar-refractivity contribution in [3.05, 3.63) is 11.9 Å². The lowest BCUT2D eigenvalue weighted by Gasteiger charge is -2.38. The van der Waals surface area contributed by atoms with Crippen LogP contribution in [0.2, 0.25) is 0 Å². The van der Waals surface area contributed by atoms with E-state index in [0.29, 0.717) is 11.9 Å². The highest BCUT2D eigenvalue weighted by atomic mass is 79.9. The van der Waals surface area contributed by atoms with Crippen molar-refractivity contribution in [1.82, 2.24) is 9.97 Å². The molecule has 0 radical (unpaired) electrons. The number of rotatable bonds is 6. The van der Waals surface area contributed by atoms with Crippen molar-refractivity contribution < 1.29 is 4.74 Å². The van der Waals surface area contributed by atoms with Gasteiger partial charge in [-0.1, -0.05) is 15.9 Å². The fourth-order valence-corrected chi connectivity index (χ4v) is 2.44. The van der Waals surface area contributed by atoms with Gasteiger partial charge in [-0.05, 0) is 32.6 Å². The lowest BCUT2D eigenvalue weighted by molar-refractivity contribution is 0.378. The maximum Gasteiger partial charge on any atom is 0.218 e. The minimum atomic E-state index is 0.642. The second kappa shape index (κ2) is 6.36. The molecule has 0 aliphatic heterocycles. The monoisotopic (exact) mass is 313 g/mol. The first-order valence-electron chi connectivity index (χ1n) is 6.47. The molecular formula is C13H20BrN3O. The van der Waals surface area contributed by atoms with Gasteiger partial charge < -0.3 is 9.64 Å². The number of halogens is 1. The van der Waals surface area contributed by atoms with E-state index in [1.165, 1.54) is 19.3 Å². The standard InChI is InChI=1S/C13H20BrN3O/c1-10-15-12(9-13(16-10)18-2)17(8-4-7-14)11-5-3-6-11/h9,11H,3-8H2,1-2H3. The lowest BCUT2D eigenvalue weighted by atomic mass is 9.91. The summed E-state index contributed by atoms with van der Waals surface area (Å²) in [5, 5.41) is 1.03. The van der Waals surface area contributed by atoms with Crippen molar-refractivity contribution in [3.63, 3.8) is 0 Å². The molecule has 1 aliphatic carbocycles. The number of methoxy groups -OCH3 is 1. The Morgan fingerprint density at radius 3 is 2.78 bits per heavy atom. The highest BCUT2D eigenvalue weighted by Gasteiger charge is 2.26. The second-order valence-electron chi connectivity index (χ2n) is 4.64. The largest absolute Gasteiger partial charge is 0.481 e. The number of anilines is 1. The van der Waals surface area contributed by atoms with Gasteiger partial charge in [-0.2, -0.15) is 4.98 Å². The van der Waals surface area contributed by atoms with E-state index < -0.39 is 0 Å². The highest BCUT2D eigenvalue weighted by molar-refractivity contribution is 9.09. The van der Waals surface area contributed by atoms with Crippen LogP contribution >= 0.6 is 15.9 Å². The number of nitrogens with zero attached hydrogens (tertiary/aromatic N) is 3. The van der Waals surface area contributed by atoms with Gasteiger partial charge in [-0.15, -0.1) is 0 Å². The van der Waals surface area contributed by atoms with Gasteiger partial charge >= 0.3 is 0 Å². The van der Waals surface area contributed by atoms with Gasteiger partial charge in [0, 0.05) is 24.0 Å². The van der Waals surface area contributed by atoms with E-state index in [2.05, 4.69) is 30.8 Å². The molecule has 100 valence electrons. The van der Waals surface area contributed by atoms with E-state index in [-0.39, 0.29) is 0 Å². The Hall–Kier alpha value is -0.840. The zero-order valence-electron chi connectivity index (χ0n) is 11.0. The van der Waals surface area contributed by atoms with Crippen LogP contribution < -0.4 is 9.64 Å². The number of hydrogen-bond acceptors (Lipinski definition) is 4. The molecule has 1 heterocycles. The highest BCUT2D eigenvalue weighted by Crippen LogP contribution is 2.30. The summed E-state index contributed by atoms with van der Waals surface area (Å²) < 4.78 is 5.23. The summed E-state index contributed by atoms with van der Waals surface area (Å²) in [7, 11) is 1.65. The molecule has 0 saturated heterocycles. The summed E-state index contributed by atoms with van der Waals surface area (Å²) in [5.41, 5.74) is 0. The molecule has 0 amide bonds. The molecule has 1 aliphatic rings. The van der Waals surface area contributed by atoms with E-state index in [4.69, 9.17) is 4.74 Å². The van der Waals surface area contributed by atoms with Crippen molar-refractivity contribution in [2.24, 2.45) is 0 Å². The van der Waals surface area contributed by atoms with Gasteiger partial charge in [-0.25, -0.2) is 4.98 Å². The number of aromatic nitrogens is 2. The van der Waals surface area contributed by atoms with Gasteiger partial charge in [0.2, 0.25) is 5.88 Å². The molecule has 0 atom stereocenters. The Morgan fingerprint density at radius 1 is 1.44 bits per heavy atom. The zero-order chi connectivity index (χ0) is 13.0. The zero-order valence-corrected chi connectivity index (χ0v) is 12.6. The SMILES string of the molecule is COc1cc(N(CCCBr)C2CCC2)nc(C)n1. The average Bonchev–Trinajstić information content (AvgIpc) is 2.31. The van der Waals surface area contributed by atoms with Crippen LogP contribution in [0.25, 0.3) is 0 Å². The summed E-state index contributed by atoms with van der Waals surface area (Å²) in [6, 6.07) is 2.59. The van der Waals surface area contributed by atoms with Crippen molar-refractivity contribution >= 4 is 21.7 Å². The van der Waals surface area contributed by atoms with Crippen LogP contribution in [0.5, 0.6) is 5.88 Å². The Kier molecular flexibility index (Phi) is 4.80. The Bertz CT molecular complexity index is 396. The van der Waals surface area contributed by atoms with Gasteiger partial charge in [-0.3, -0.25) is 0 Å². The average molecular weight is 314 g/mol. The summed E-state index contributed by atoms with van der Waals surface area (Å²) in [5.74, 6) is 2.43. The third-order valence-corrected chi connectivity index (χ3v) is 3.91. The van der Waals surface area contributed by atoms with E-state index in [1.54, 1.807) is 7.11 Å². The second-order valence-corrected chi connectivity index (χ2v) is 5.43. The molecule has 0 bridgehead atoms. The fourth-order valence-electron chi connectivity index (χ4n) is 2.19. The summed E-state index contributed by atoms with van der Waals surface area (Å²) in [4.78, 5) is 11.2. The molecule has 0 unspecified atom stereocenters. The van der Waals surface area contributed by atoms with Gasteiger partial charge in [0.1, 0.15) is 11.6 Å². The molecule has 4 nitrogen and oxygen atoms in total. The molecular weight excluding hydrogens is 294 g/mol.